The zero-order valence-corrected chi connectivity index (χ0v) is 11.3. The Kier molecular flexibility index (Phi) is 4.86. The zero-order valence-electron chi connectivity index (χ0n) is 11.3. The van der Waals surface area contributed by atoms with Gasteiger partial charge in [0.15, 0.2) is 0 Å². The number of methoxy groups -OCH3 is 1. The molecule has 0 radical (unpaired) electrons. The van der Waals surface area contributed by atoms with Gasteiger partial charge in [-0.2, -0.15) is 5.10 Å². The van der Waals surface area contributed by atoms with Crippen molar-refractivity contribution in [2.24, 2.45) is 5.73 Å². The highest BCUT2D eigenvalue weighted by Gasteiger charge is 2.13. The quantitative estimate of drug-likeness (QED) is 0.742. The number of rotatable bonds is 6. The van der Waals surface area contributed by atoms with E-state index < -0.39 is 6.04 Å². The summed E-state index contributed by atoms with van der Waals surface area (Å²) < 4.78 is 4.91. The van der Waals surface area contributed by atoms with Crippen molar-refractivity contribution in [3.05, 3.63) is 36.5 Å². The molecule has 0 spiro atoms. The number of hydrogen-bond donors (Lipinski definition) is 3. The number of aromatic amines is 1. The minimum atomic E-state index is -0.578. The summed E-state index contributed by atoms with van der Waals surface area (Å²) in [6.07, 6.45) is 2.17. The Morgan fingerprint density at radius 1 is 1.50 bits per heavy atom. The van der Waals surface area contributed by atoms with Gasteiger partial charge in [-0.15, -0.1) is 0 Å². The summed E-state index contributed by atoms with van der Waals surface area (Å²) in [4.78, 5) is 11.9. The third-order valence-electron chi connectivity index (χ3n) is 2.91. The van der Waals surface area contributed by atoms with Crippen molar-refractivity contribution in [1.82, 2.24) is 10.2 Å². The average molecular weight is 274 g/mol. The Balaban J connectivity index is 2.03. The van der Waals surface area contributed by atoms with Crippen LogP contribution in [0.1, 0.15) is 6.42 Å². The summed E-state index contributed by atoms with van der Waals surface area (Å²) in [7, 11) is 1.58. The molecule has 0 fully saturated rings. The number of H-pyrrole nitrogens is 1. The molecular formula is C14H18N4O2. The maximum absolute atomic E-state index is 11.9. The number of nitrogens with two attached hydrogens (primary N) is 1. The minimum absolute atomic E-state index is 0.219. The van der Waals surface area contributed by atoms with Crippen LogP contribution >= 0.6 is 0 Å². The lowest BCUT2D eigenvalue weighted by molar-refractivity contribution is -0.117. The van der Waals surface area contributed by atoms with Crippen LogP contribution in [0.2, 0.25) is 0 Å². The van der Waals surface area contributed by atoms with Crippen molar-refractivity contribution in [3.8, 4) is 11.3 Å². The second-order valence-electron chi connectivity index (χ2n) is 4.43. The van der Waals surface area contributed by atoms with Gasteiger partial charge >= 0.3 is 0 Å². The van der Waals surface area contributed by atoms with Gasteiger partial charge in [0.2, 0.25) is 5.91 Å². The molecule has 1 aromatic heterocycles. The average Bonchev–Trinajstić information content (AvgIpc) is 2.99. The molecule has 0 bridgehead atoms. The zero-order chi connectivity index (χ0) is 14.4. The molecule has 20 heavy (non-hydrogen) atoms. The van der Waals surface area contributed by atoms with Crippen LogP contribution in [0.3, 0.4) is 0 Å². The van der Waals surface area contributed by atoms with Gasteiger partial charge in [-0.05, 0) is 24.6 Å². The lowest BCUT2D eigenvalue weighted by atomic mass is 10.1. The van der Waals surface area contributed by atoms with Crippen molar-refractivity contribution >= 4 is 11.6 Å². The first-order valence-electron chi connectivity index (χ1n) is 6.36. The summed E-state index contributed by atoms with van der Waals surface area (Å²) in [5.74, 6) is -0.219. The fraction of sp³-hybridized carbons (Fsp3) is 0.286. The third kappa shape index (κ3) is 3.66. The second kappa shape index (κ2) is 6.83. The Bertz CT molecular complexity index is 554. The van der Waals surface area contributed by atoms with Gasteiger partial charge in [0.1, 0.15) is 0 Å². The fourth-order valence-electron chi connectivity index (χ4n) is 1.79. The first-order valence-corrected chi connectivity index (χ1v) is 6.36. The van der Waals surface area contributed by atoms with Gasteiger partial charge in [0.25, 0.3) is 0 Å². The number of nitrogens with one attached hydrogen (secondary N) is 2. The molecule has 106 valence electrons. The van der Waals surface area contributed by atoms with E-state index in [2.05, 4.69) is 15.5 Å². The fourth-order valence-corrected chi connectivity index (χ4v) is 1.79. The molecule has 6 heteroatoms. The van der Waals surface area contributed by atoms with Crippen molar-refractivity contribution in [2.45, 2.75) is 12.5 Å². The van der Waals surface area contributed by atoms with E-state index in [9.17, 15) is 4.79 Å². The van der Waals surface area contributed by atoms with E-state index in [0.29, 0.717) is 18.7 Å². The van der Waals surface area contributed by atoms with E-state index >= 15 is 0 Å². The summed E-state index contributed by atoms with van der Waals surface area (Å²) >= 11 is 0. The van der Waals surface area contributed by atoms with Crippen LogP contribution in [0.15, 0.2) is 36.5 Å². The predicted molar refractivity (Wildman–Crippen MR) is 77.1 cm³/mol. The van der Waals surface area contributed by atoms with Crippen LogP contribution < -0.4 is 11.1 Å². The van der Waals surface area contributed by atoms with Crippen LogP contribution in [-0.4, -0.2) is 35.9 Å². The van der Waals surface area contributed by atoms with Crippen LogP contribution in [0.25, 0.3) is 11.3 Å². The van der Waals surface area contributed by atoms with E-state index in [0.717, 1.165) is 11.3 Å². The molecule has 0 aliphatic carbocycles. The summed E-state index contributed by atoms with van der Waals surface area (Å²) in [6, 6.07) is 8.78. The van der Waals surface area contributed by atoms with Gasteiger partial charge in [-0.3, -0.25) is 9.89 Å². The van der Waals surface area contributed by atoms with Crippen LogP contribution in [0, 0.1) is 0 Å². The van der Waals surface area contributed by atoms with Gasteiger partial charge in [0.05, 0.1) is 11.7 Å². The monoisotopic (exact) mass is 274 g/mol. The number of anilines is 1. The van der Waals surface area contributed by atoms with Gasteiger partial charge in [0, 0.05) is 31.2 Å². The Hall–Kier alpha value is -2.18. The Labute approximate surface area is 117 Å². The molecule has 1 heterocycles. The number of nitrogens with zero attached hydrogens (tertiary/aromatic N) is 1. The highest BCUT2D eigenvalue weighted by atomic mass is 16.5. The number of aromatic nitrogens is 2. The van der Waals surface area contributed by atoms with Crippen LogP contribution in [0.4, 0.5) is 5.69 Å². The third-order valence-corrected chi connectivity index (χ3v) is 2.91. The molecule has 2 rings (SSSR count). The SMILES string of the molecule is COCCC(N)C(=O)Nc1cccc(-c2ccn[nH]2)c1. The topological polar surface area (TPSA) is 93.0 Å². The Morgan fingerprint density at radius 2 is 2.35 bits per heavy atom. The summed E-state index contributed by atoms with van der Waals surface area (Å²) in [6.45, 7) is 0.461. The molecule has 1 amide bonds. The van der Waals surface area contributed by atoms with Crippen LogP contribution in [0.5, 0.6) is 0 Å². The normalized spacial score (nSPS) is 12.1. The van der Waals surface area contributed by atoms with E-state index in [1.807, 2.05) is 30.3 Å². The molecule has 4 N–H and O–H groups in total. The highest BCUT2D eigenvalue weighted by Crippen LogP contribution is 2.20. The maximum Gasteiger partial charge on any atom is 0.241 e. The number of carbonyl (C=O) groups excluding carboxylic acids is 1. The smallest absolute Gasteiger partial charge is 0.241 e. The molecule has 0 aliphatic heterocycles. The molecule has 0 aliphatic rings. The molecular weight excluding hydrogens is 256 g/mol. The number of amides is 1. The molecule has 0 saturated heterocycles. The minimum Gasteiger partial charge on any atom is -0.385 e. The predicted octanol–water partition coefficient (Wildman–Crippen LogP) is 1.38. The highest BCUT2D eigenvalue weighted by molar-refractivity contribution is 5.95. The molecule has 1 aromatic carbocycles. The molecule has 6 nitrogen and oxygen atoms in total. The number of benzene rings is 1. The maximum atomic E-state index is 11.9. The molecule has 1 atom stereocenters. The number of hydrogen-bond acceptors (Lipinski definition) is 4. The molecule has 1 unspecified atom stereocenters. The van der Waals surface area contributed by atoms with E-state index in [-0.39, 0.29) is 5.91 Å². The van der Waals surface area contributed by atoms with Crippen molar-refractivity contribution in [3.63, 3.8) is 0 Å². The van der Waals surface area contributed by atoms with Gasteiger partial charge < -0.3 is 15.8 Å². The number of ether oxygens (including phenoxy) is 1. The van der Waals surface area contributed by atoms with Gasteiger partial charge in [-0.25, -0.2) is 0 Å². The summed E-state index contributed by atoms with van der Waals surface area (Å²) in [5.41, 5.74) is 8.32. The van der Waals surface area contributed by atoms with Crippen LogP contribution in [-0.2, 0) is 9.53 Å². The van der Waals surface area contributed by atoms with Crippen molar-refractivity contribution in [2.75, 3.05) is 19.0 Å². The van der Waals surface area contributed by atoms with Crippen molar-refractivity contribution < 1.29 is 9.53 Å². The molecule has 0 saturated carbocycles. The Morgan fingerprint density at radius 3 is 3.05 bits per heavy atom. The number of carbonyl (C=O) groups is 1. The first kappa shape index (κ1) is 14.2. The second-order valence-corrected chi connectivity index (χ2v) is 4.43. The van der Waals surface area contributed by atoms with E-state index in [4.69, 9.17) is 10.5 Å². The largest absolute Gasteiger partial charge is 0.385 e. The van der Waals surface area contributed by atoms with Gasteiger partial charge in [-0.1, -0.05) is 12.1 Å². The molecule has 2 aromatic rings. The lowest BCUT2D eigenvalue weighted by Gasteiger charge is -2.12. The lowest BCUT2D eigenvalue weighted by Crippen LogP contribution is -2.36. The van der Waals surface area contributed by atoms with E-state index in [1.54, 1.807) is 13.3 Å². The van der Waals surface area contributed by atoms with E-state index in [1.165, 1.54) is 0 Å². The standard InChI is InChI=1S/C14H18N4O2/c1-20-8-6-12(15)14(19)17-11-4-2-3-10(9-11)13-5-7-16-18-13/h2-5,7,9,12H,6,8,15H2,1H3,(H,16,18)(H,17,19). The first-order chi connectivity index (χ1) is 9.70. The summed E-state index contributed by atoms with van der Waals surface area (Å²) in [5, 5.41) is 9.58. The van der Waals surface area contributed by atoms with Crippen molar-refractivity contribution in [1.29, 1.82) is 0 Å².